The van der Waals surface area contributed by atoms with Gasteiger partial charge in [0, 0.05) is 18.2 Å². The second-order valence-electron chi connectivity index (χ2n) is 6.92. The first-order valence-corrected chi connectivity index (χ1v) is 9.65. The normalized spacial score (nSPS) is 10.5. The largest absolute Gasteiger partial charge is 0.497 e. The molecule has 0 saturated carbocycles. The highest BCUT2D eigenvalue weighted by Gasteiger charge is 2.07. The summed E-state index contributed by atoms with van der Waals surface area (Å²) in [5.41, 5.74) is 3.43. The van der Waals surface area contributed by atoms with Gasteiger partial charge in [0.1, 0.15) is 11.5 Å². The fourth-order valence-electron chi connectivity index (χ4n) is 2.98. The molecule has 156 valence electrons. The van der Waals surface area contributed by atoms with E-state index in [1.165, 1.54) is 10.7 Å². The third kappa shape index (κ3) is 5.47. The molecule has 2 aromatic carbocycles. The van der Waals surface area contributed by atoms with Crippen LogP contribution in [0.2, 0.25) is 0 Å². The lowest BCUT2D eigenvalue weighted by Gasteiger charge is -2.11. The first-order chi connectivity index (χ1) is 14.5. The van der Waals surface area contributed by atoms with Crippen molar-refractivity contribution in [2.24, 2.45) is 0 Å². The summed E-state index contributed by atoms with van der Waals surface area (Å²) >= 11 is 0. The number of nitrogens with zero attached hydrogens (tertiary/aromatic N) is 2. The second-order valence-corrected chi connectivity index (χ2v) is 6.92. The van der Waals surface area contributed by atoms with Gasteiger partial charge in [0.05, 0.1) is 19.3 Å². The van der Waals surface area contributed by atoms with Crippen molar-refractivity contribution in [3.8, 4) is 22.8 Å². The molecule has 30 heavy (non-hydrogen) atoms. The van der Waals surface area contributed by atoms with E-state index in [1.54, 1.807) is 13.2 Å². The van der Waals surface area contributed by atoms with E-state index in [9.17, 15) is 9.59 Å². The van der Waals surface area contributed by atoms with Crippen molar-refractivity contribution < 1.29 is 14.3 Å². The summed E-state index contributed by atoms with van der Waals surface area (Å²) in [5.74, 6) is 1.17. The molecule has 1 N–H and O–H groups in total. The molecule has 1 heterocycles. The van der Waals surface area contributed by atoms with Crippen LogP contribution in [0.15, 0.2) is 59.4 Å². The maximum atomic E-state index is 12.1. The molecule has 0 bridgehead atoms. The number of carbonyl (C=O) groups is 1. The van der Waals surface area contributed by atoms with Gasteiger partial charge in [0.2, 0.25) is 0 Å². The number of rotatable bonds is 8. The highest BCUT2D eigenvalue weighted by Crippen LogP contribution is 2.20. The van der Waals surface area contributed by atoms with Gasteiger partial charge in [-0.2, -0.15) is 5.10 Å². The van der Waals surface area contributed by atoms with Gasteiger partial charge >= 0.3 is 0 Å². The third-order valence-corrected chi connectivity index (χ3v) is 4.59. The average molecular weight is 407 g/mol. The van der Waals surface area contributed by atoms with Gasteiger partial charge in [-0.1, -0.05) is 17.7 Å². The van der Waals surface area contributed by atoms with Crippen LogP contribution in [0.3, 0.4) is 0 Å². The number of amides is 1. The molecule has 3 aromatic rings. The van der Waals surface area contributed by atoms with Crippen molar-refractivity contribution in [1.82, 2.24) is 15.1 Å². The molecule has 0 radical (unpaired) electrons. The summed E-state index contributed by atoms with van der Waals surface area (Å²) in [5, 5.41) is 7.14. The topological polar surface area (TPSA) is 82.5 Å². The molecular weight excluding hydrogens is 382 g/mol. The van der Waals surface area contributed by atoms with Crippen molar-refractivity contribution in [1.29, 1.82) is 0 Å². The van der Waals surface area contributed by atoms with E-state index in [4.69, 9.17) is 9.47 Å². The fraction of sp³-hybridized carbons (Fsp3) is 0.261. The Morgan fingerprint density at radius 3 is 2.53 bits per heavy atom. The molecule has 7 nitrogen and oxygen atoms in total. The number of hydrogen-bond acceptors (Lipinski definition) is 5. The Morgan fingerprint density at radius 1 is 1.07 bits per heavy atom. The number of hydrogen-bond donors (Lipinski definition) is 1. The molecule has 0 aliphatic carbocycles. The van der Waals surface area contributed by atoms with Gasteiger partial charge in [-0.05, 0) is 55.8 Å². The summed E-state index contributed by atoms with van der Waals surface area (Å²) in [6.45, 7) is 4.39. The molecule has 0 saturated heterocycles. The average Bonchev–Trinajstić information content (AvgIpc) is 2.74. The van der Waals surface area contributed by atoms with Crippen molar-refractivity contribution in [3.63, 3.8) is 0 Å². The van der Waals surface area contributed by atoms with Crippen molar-refractivity contribution >= 4 is 5.91 Å². The first-order valence-electron chi connectivity index (χ1n) is 9.65. The Kier molecular flexibility index (Phi) is 6.85. The summed E-state index contributed by atoms with van der Waals surface area (Å²) < 4.78 is 12.1. The molecule has 1 aromatic heterocycles. The minimum absolute atomic E-state index is 0.0852. The highest BCUT2D eigenvalue weighted by molar-refractivity contribution is 5.77. The monoisotopic (exact) mass is 407 g/mol. The van der Waals surface area contributed by atoms with Crippen LogP contribution in [0.25, 0.3) is 11.3 Å². The molecular formula is C23H25N3O4. The van der Waals surface area contributed by atoms with Crippen LogP contribution in [0.1, 0.15) is 11.1 Å². The van der Waals surface area contributed by atoms with Crippen LogP contribution in [-0.4, -0.2) is 35.9 Å². The van der Waals surface area contributed by atoms with Crippen LogP contribution < -0.4 is 20.3 Å². The van der Waals surface area contributed by atoms with Gasteiger partial charge in [-0.15, -0.1) is 0 Å². The maximum Gasteiger partial charge on any atom is 0.266 e. The summed E-state index contributed by atoms with van der Waals surface area (Å²) in [4.78, 5) is 24.2. The lowest BCUT2D eigenvalue weighted by Crippen LogP contribution is -2.34. The Balaban J connectivity index is 1.54. The zero-order valence-electron chi connectivity index (χ0n) is 17.3. The molecule has 0 fully saturated rings. The van der Waals surface area contributed by atoms with E-state index in [0.717, 1.165) is 22.4 Å². The third-order valence-electron chi connectivity index (χ3n) is 4.59. The lowest BCUT2D eigenvalue weighted by atomic mass is 10.1. The Hall–Kier alpha value is -3.61. The van der Waals surface area contributed by atoms with Crippen LogP contribution in [-0.2, 0) is 11.3 Å². The van der Waals surface area contributed by atoms with Crippen molar-refractivity contribution in [2.45, 2.75) is 20.4 Å². The number of aryl methyl sites for hydroxylation is 2. The standard InChI is InChI=1S/C23H25N3O4/c1-16-4-10-21(17(2)14-16)30-15-22(27)24-12-13-26-23(28)11-9-20(25-26)18-5-7-19(29-3)8-6-18/h4-11,14H,12-13,15H2,1-3H3,(H,24,27). The van der Waals surface area contributed by atoms with Gasteiger partial charge in [-0.25, -0.2) is 4.68 Å². The summed E-state index contributed by atoms with van der Waals surface area (Å²) in [6.07, 6.45) is 0. The van der Waals surface area contributed by atoms with Crippen LogP contribution in [0.4, 0.5) is 0 Å². The zero-order valence-corrected chi connectivity index (χ0v) is 17.3. The van der Waals surface area contributed by atoms with E-state index in [1.807, 2.05) is 56.3 Å². The molecule has 7 heteroatoms. The molecule has 3 rings (SSSR count). The highest BCUT2D eigenvalue weighted by atomic mass is 16.5. The zero-order chi connectivity index (χ0) is 21.5. The van der Waals surface area contributed by atoms with E-state index in [0.29, 0.717) is 11.4 Å². The quantitative estimate of drug-likeness (QED) is 0.621. The van der Waals surface area contributed by atoms with Gasteiger partial charge in [0.25, 0.3) is 11.5 Å². The number of carbonyl (C=O) groups excluding carboxylic acids is 1. The number of aromatic nitrogens is 2. The molecule has 0 spiro atoms. The lowest BCUT2D eigenvalue weighted by molar-refractivity contribution is -0.123. The number of benzene rings is 2. The summed E-state index contributed by atoms with van der Waals surface area (Å²) in [6, 6.07) is 16.4. The van der Waals surface area contributed by atoms with Gasteiger partial charge in [0.15, 0.2) is 6.61 Å². The van der Waals surface area contributed by atoms with Crippen LogP contribution in [0, 0.1) is 13.8 Å². The van der Waals surface area contributed by atoms with E-state index >= 15 is 0 Å². The van der Waals surface area contributed by atoms with Gasteiger partial charge in [-0.3, -0.25) is 9.59 Å². The predicted molar refractivity (Wildman–Crippen MR) is 115 cm³/mol. The van der Waals surface area contributed by atoms with Crippen molar-refractivity contribution in [2.75, 3.05) is 20.3 Å². The number of methoxy groups -OCH3 is 1. The molecule has 0 unspecified atom stereocenters. The second kappa shape index (κ2) is 9.73. The summed E-state index contributed by atoms with van der Waals surface area (Å²) in [7, 11) is 1.61. The Bertz CT molecular complexity index is 1070. The smallest absolute Gasteiger partial charge is 0.266 e. The predicted octanol–water partition coefficient (Wildman–Crippen LogP) is 2.73. The molecule has 0 aliphatic rings. The van der Waals surface area contributed by atoms with Gasteiger partial charge < -0.3 is 14.8 Å². The van der Waals surface area contributed by atoms with Crippen LogP contribution in [0.5, 0.6) is 11.5 Å². The van der Waals surface area contributed by atoms with E-state index in [2.05, 4.69) is 10.4 Å². The Morgan fingerprint density at radius 2 is 1.83 bits per heavy atom. The van der Waals surface area contributed by atoms with E-state index < -0.39 is 0 Å². The maximum absolute atomic E-state index is 12.1. The SMILES string of the molecule is COc1ccc(-c2ccc(=O)n(CCNC(=O)COc3ccc(C)cc3C)n2)cc1. The minimum atomic E-state index is -0.255. The molecule has 0 aliphatic heterocycles. The van der Waals surface area contributed by atoms with Crippen LogP contribution >= 0.6 is 0 Å². The minimum Gasteiger partial charge on any atom is -0.497 e. The molecule has 0 atom stereocenters. The molecule has 1 amide bonds. The van der Waals surface area contributed by atoms with Crippen molar-refractivity contribution in [3.05, 3.63) is 76.1 Å². The Labute approximate surface area is 175 Å². The first kappa shape index (κ1) is 21.1. The van der Waals surface area contributed by atoms with E-state index in [-0.39, 0.29) is 31.2 Å². The fourth-order valence-corrected chi connectivity index (χ4v) is 2.98. The number of nitrogens with one attached hydrogen (secondary N) is 1. The number of ether oxygens (including phenoxy) is 2.